The zero-order valence-electron chi connectivity index (χ0n) is 7.31. The van der Waals surface area contributed by atoms with Gasteiger partial charge in [-0.2, -0.15) is 5.10 Å². The fraction of sp³-hybridized carbons (Fsp3) is 0.556. The molecule has 13 heavy (non-hydrogen) atoms. The molecule has 4 heteroatoms. The molecule has 1 N–H and O–H groups in total. The molecule has 0 amide bonds. The van der Waals surface area contributed by atoms with Gasteiger partial charge in [0, 0.05) is 6.20 Å². The van der Waals surface area contributed by atoms with E-state index in [2.05, 4.69) is 5.10 Å². The predicted octanol–water partition coefficient (Wildman–Crippen LogP) is 1.70. The van der Waals surface area contributed by atoms with Gasteiger partial charge in [0.25, 0.3) is 0 Å². The molecule has 0 aliphatic heterocycles. The average Bonchev–Trinajstić information content (AvgIpc) is 2.75. The lowest BCUT2D eigenvalue weighted by Crippen LogP contribution is -2.04. The molecule has 0 saturated heterocycles. The Balaban J connectivity index is 2.16. The van der Waals surface area contributed by atoms with E-state index in [1.807, 2.05) is 0 Å². The minimum atomic E-state index is -0.899. The molecule has 1 fully saturated rings. The maximum Gasteiger partial charge on any atom is 0.338 e. The number of aromatic nitrogens is 2. The number of rotatable bonds is 2. The molecule has 0 spiro atoms. The van der Waals surface area contributed by atoms with E-state index in [1.54, 1.807) is 10.9 Å². The van der Waals surface area contributed by atoms with Crippen LogP contribution < -0.4 is 0 Å². The SMILES string of the molecule is O=C(O)c1cnn(C2CCCC2)c1. The summed E-state index contributed by atoms with van der Waals surface area (Å²) in [7, 11) is 0. The third-order valence-corrected chi connectivity index (χ3v) is 2.55. The molecule has 1 aliphatic rings. The Morgan fingerprint density at radius 2 is 2.23 bits per heavy atom. The molecule has 1 aromatic rings. The topological polar surface area (TPSA) is 55.1 Å². The van der Waals surface area contributed by atoms with E-state index in [4.69, 9.17) is 5.11 Å². The normalized spacial score (nSPS) is 17.8. The van der Waals surface area contributed by atoms with Crippen molar-refractivity contribution in [1.82, 2.24) is 9.78 Å². The number of hydrogen-bond donors (Lipinski definition) is 1. The molecule has 70 valence electrons. The highest BCUT2D eigenvalue weighted by Gasteiger charge is 2.18. The third kappa shape index (κ3) is 1.56. The second kappa shape index (κ2) is 3.20. The molecule has 0 aromatic carbocycles. The van der Waals surface area contributed by atoms with Gasteiger partial charge in [-0.15, -0.1) is 0 Å². The van der Waals surface area contributed by atoms with Crippen molar-refractivity contribution < 1.29 is 9.90 Å². The highest BCUT2D eigenvalue weighted by Crippen LogP contribution is 2.28. The summed E-state index contributed by atoms with van der Waals surface area (Å²) in [5, 5.41) is 12.7. The summed E-state index contributed by atoms with van der Waals surface area (Å²) >= 11 is 0. The van der Waals surface area contributed by atoms with Gasteiger partial charge in [-0.3, -0.25) is 4.68 Å². The van der Waals surface area contributed by atoms with Crippen LogP contribution in [0, 0.1) is 0 Å². The fourth-order valence-corrected chi connectivity index (χ4v) is 1.82. The van der Waals surface area contributed by atoms with Crippen LogP contribution in [0.3, 0.4) is 0 Å². The zero-order valence-corrected chi connectivity index (χ0v) is 7.31. The number of hydrogen-bond acceptors (Lipinski definition) is 2. The van der Waals surface area contributed by atoms with Crippen molar-refractivity contribution in [2.75, 3.05) is 0 Å². The van der Waals surface area contributed by atoms with Gasteiger partial charge in [0.05, 0.1) is 17.8 Å². The molecule has 0 unspecified atom stereocenters. The van der Waals surface area contributed by atoms with E-state index in [0.29, 0.717) is 6.04 Å². The van der Waals surface area contributed by atoms with Gasteiger partial charge < -0.3 is 5.11 Å². The molecule has 0 bridgehead atoms. The summed E-state index contributed by atoms with van der Waals surface area (Å²) in [5.74, 6) is -0.899. The van der Waals surface area contributed by atoms with Gasteiger partial charge >= 0.3 is 5.97 Å². The van der Waals surface area contributed by atoms with Gasteiger partial charge in [0.1, 0.15) is 0 Å². The summed E-state index contributed by atoms with van der Waals surface area (Å²) < 4.78 is 1.79. The van der Waals surface area contributed by atoms with Crippen LogP contribution in [-0.2, 0) is 0 Å². The van der Waals surface area contributed by atoms with Crippen LogP contribution in [0.5, 0.6) is 0 Å². The average molecular weight is 180 g/mol. The van der Waals surface area contributed by atoms with Crippen molar-refractivity contribution >= 4 is 5.97 Å². The molecule has 4 nitrogen and oxygen atoms in total. The Kier molecular flexibility index (Phi) is 2.04. The highest BCUT2D eigenvalue weighted by molar-refractivity contribution is 5.86. The van der Waals surface area contributed by atoms with Crippen LogP contribution in [0.2, 0.25) is 0 Å². The molecule has 0 atom stereocenters. The van der Waals surface area contributed by atoms with E-state index in [0.717, 1.165) is 12.8 Å². The van der Waals surface area contributed by atoms with Gasteiger partial charge in [0.2, 0.25) is 0 Å². The lowest BCUT2D eigenvalue weighted by molar-refractivity contribution is 0.0696. The van der Waals surface area contributed by atoms with E-state index in [1.165, 1.54) is 19.0 Å². The number of aromatic carboxylic acids is 1. The molecule has 0 radical (unpaired) electrons. The van der Waals surface area contributed by atoms with E-state index in [9.17, 15) is 4.79 Å². The fourth-order valence-electron chi connectivity index (χ4n) is 1.82. The van der Waals surface area contributed by atoms with Crippen LogP contribution in [0.4, 0.5) is 0 Å². The molecular weight excluding hydrogens is 168 g/mol. The van der Waals surface area contributed by atoms with Crippen LogP contribution in [0.25, 0.3) is 0 Å². The first kappa shape index (κ1) is 8.29. The maximum atomic E-state index is 10.6. The Labute approximate surface area is 76.2 Å². The van der Waals surface area contributed by atoms with Crippen molar-refractivity contribution in [3.05, 3.63) is 18.0 Å². The lowest BCUT2D eigenvalue weighted by Gasteiger charge is -2.07. The van der Waals surface area contributed by atoms with Crippen molar-refractivity contribution in [3.8, 4) is 0 Å². The molecule has 2 rings (SSSR count). The molecule has 1 aliphatic carbocycles. The Bertz CT molecular complexity index is 313. The van der Waals surface area contributed by atoms with E-state index >= 15 is 0 Å². The van der Waals surface area contributed by atoms with Crippen LogP contribution in [-0.4, -0.2) is 20.9 Å². The minimum absolute atomic E-state index is 0.284. The van der Waals surface area contributed by atoms with Crippen LogP contribution in [0.15, 0.2) is 12.4 Å². The molecular formula is C9H12N2O2. The monoisotopic (exact) mass is 180 g/mol. The second-order valence-corrected chi connectivity index (χ2v) is 3.45. The van der Waals surface area contributed by atoms with E-state index in [-0.39, 0.29) is 5.56 Å². The van der Waals surface area contributed by atoms with Gasteiger partial charge in [-0.05, 0) is 12.8 Å². The summed E-state index contributed by atoms with van der Waals surface area (Å²) in [6.45, 7) is 0. The summed E-state index contributed by atoms with van der Waals surface area (Å²) in [5.41, 5.74) is 0.284. The summed E-state index contributed by atoms with van der Waals surface area (Å²) in [4.78, 5) is 10.6. The highest BCUT2D eigenvalue weighted by atomic mass is 16.4. The number of nitrogens with zero attached hydrogens (tertiary/aromatic N) is 2. The number of carboxylic acid groups (broad SMARTS) is 1. The standard InChI is InChI=1S/C9H12N2O2/c12-9(13)7-5-10-11(6-7)8-3-1-2-4-8/h5-6,8H,1-4H2,(H,12,13). The Morgan fingerprint density at radius 3 is 2.77 bits per heavy atom. The van der Waals surface area contributed by atoms with Crippen molar-refractivity contribution in [2.24, 2.45) is 0 Å². The largest absolute Gasteiger partial charge is 0.478 e. The smallest absolute Gasteiger partial charge is 0.338 e. The maximum absolute atomic E-state index is 10.6. The predicted molar refractivity (Wildman–Crippen MR) is 46.7 cm³/mol. The zero-order chi connectivity index (χ0) is 9.26. The molecule has 1 aromatic heterocycles. The van der Waals surface area contributed by atoms with Crippen molar-refractivity contribution in [3.63, 3.8) is 0 Å². The third-order valence-electron chi connectivity index (χ3n) is 2.55. The second-order valence-electron chi connectivity index (χ2n) is 3.45. The van der Waals surface area contributed by atoms with E-state index < -0.39 is 5.97 Å². The molecule has 1 saturated carbocycles. The number of carboxylic acids is 1. The van der Waals surface area contributed by atoms with Crippen LogP contribution in [0.1, 0.15) is 42.1 Å². The van der Waals surface area contributed by atoms with Gasteiger partial charge in [0.15, 0.2) is 0 Å². The lowest BCUT2D eigenvalue weighted by atomic mass is 10.2. The van der Waals surface area contributed by atoms with Crippen molar-refractivity contribution in [1.29, 1.82) is 0 Å². The number of carbonyl (C=O) groups is 1. The summed E-state index contributed by atoms with van der Waals surface area (Å²) in [6.07, 6.45) is 7.75. The first-order valence-electron chi connectivity index (χ1n) is 4.55. The van der Waals surface area contributed by atoms with Gasteiger partial charge in [-0.1, -0.05) is 12.8 Å². The quantitative estimate of drug-likeness (QED) is 0.753. The van der Waals surface area contributed by atoms with Crippen LogP contribution >= 0.6 is 0 Å². The van der Waals surface area contributed by atoms with Crippen molar-refractivity contribution in [2.45, 2.75) is 31.7 Å². The first-order chi connectivity index (χ1) is 6.27. The first-order valence-corrected chi connectivity index (χ1v) is 4.55. The summed E-state index contributed by atoms with van der Waals surface area (Å²) in [6, 6.07) is 0.424. The Morgan fingerprint density at radius 1 is 1.54 bits per heavy atom. The molecule has 1 heterocycles. The minimum Gasteiger partial charge on any atom is -0.478 e. The van der Waals surface area contributed by atoms with Gasteiger partial charge in [-0.25, -0.2) is 4.79 Å². The Hall–Kier alpha value is -1.32.